The lowest BCUT2D eigenvalue weighted by Crippen LogP contribution is -2.46. The van der Waals surface area contributed by atoms with Crippen molar-refractivity contribution in [2.24, 2.45) is 5.73 Å². The maximum Gasteiger partial charge on any atom is 0.343 e. The van der Waals surface area contributed by atoms with Gasteiger partial charge in [0.2, 0.25) is 5.91 Å². The maximum atomic E-state index is 11.7. The van der Waals surface area contributed by atoms with Crippen molar-refractivity contribution < 1.29 is 19.1 Å². The zero-order valence-corrected chi connectivity index (χ0v) is 15.4. The molecule has 7 heteroatoms. The predicted octanol–water partition coefficient (Wildman–Crippen LogP) is 1.06. The van der Waals surface area contributed by atoms with Gasteiger partial charge in [-0.2, -0.15) is 0 Å². The molecule has 2 rings (SSSR count). The molecule has 26 heavy (non-hydrogen) atoms. The number of esters is 1. The van der Waals surface area contributed by atoms with Gasteiger partial charge in [0.25, 0.3) is 0 Å². The molecule has 1 aromatic rings. The van der Waals surface area contributed by atoms with E-state index in [0.717, 1.165) is 19.5 Å². The smallest absolute Gasteiger partial charge is 0.343 e. The van der Waals surface area contributed by atoms with Crippen molar-refractivity contribution in [3.8, 4) is 5.75 Å². The van der Waals surface area contributed by atoms with Crippen molar-refractivity contribution in [2.75, 3.05) is 33.4 Å². The third-order valence-electron chi connectivity index (χ3n) is 4.55. The topological polar surface area (TPSA) is 93.9 Å². The summed E-state index contributed by atoms with van der Waals surface area (Å²) < 4.78 is 9.92. The van der Waals surface area contributed by atoms with Gasteiger partial charge < -0.3 is 20.5 Å². The van der Waals surface area contributed by atoms with Crippen LogP contribution in [-0.4, -0.2) is 56.2 Å². The third kappa shape index (κ3) is 6.65. The van der Waals surface area contributed by atoms with Crippen LogP contribution in [0, 0.1) is 0 Å². The number of ether oxygens (including phenoxy) is 2. The number of likely N-dealkylation sites (tertiary alicyclic amines) is 1. The minimum absolute atomic E-state index is 0.0186. The van der Waals surface area contributed by atoms with E-state index in [-0.39, 0.29) is 12.5 Å². The number of nitrogens with one attached hydrogen (secondary N) is 1. The van der Waals surface area contributed by atoms with Crippen LogP contribution in [0.2, 0.25) is 0 Å². The fourth-order valence-electron chi connectivity index (χ4n) is 3.08. The molecule has 1 amide bonds. The standard InChI is InChI=1S/C19H29N3O4/c1-25-19(24)14-26-17-7-5-15(6-8-17)13-22-11-3-2-4-16(22)12-21-18(23)9-10-20/h5-8,16H,2-4,9-14,20H2,1H3,(H,21,23). The zero-order chi connectivity index (χ0) is 18.8. The average Bonchev–Trinajstić information content (AvgIpc) is 2.66. The number of nitrogens with zero attached hydrogens (tertiary/aromatic N) is 1. The summed E-state index contributed by atoms with van der Waals surface area (Å²) in [5.74, 6) is 0.260. The average molecular weight is 363 g/mol. The van der Waals surface area contributed by atoms with Crippen molar-refractivity contribution in [3.05, 3.63) is 29.8 Å². The highest BCUT2D eigenvalue weighted by atomic mass is 16.6. The second-order valence-electron chi connectivity index (χ2n) is 6.47. The largest absolute Gasteiger partial charge is 0.482 e. The van der Waals surface area contributed by atoms with Crippen molar-refractivity contribution in [3.63, 3.8) is 0 Å². The fraction of sp³-hybridized carbons (Fsp3) is 0.579. The third-order valence-corrected chi connectivity index (χ3v) is 4.55. The first-order valence-corrected chi connectivity index (χ1v) is 9.11. The van der Waals surface area contributed by atoms with Crippen LogP contribution in [0.25, 0.3) is 0 Å². The Morgan fingerprint density at radius 1 is 1.27 bits per heavy atom. The van der Waals surface area contributed by atoms with Gasteiger partial charge in [0, 0.05) is 32.1 Å². The number of amides is 1. The Morgan fingerprint density at radius 2 is 2.04 bits per heavy atom. The summed E-state index contributed by atoms with van der Waals surface area (Å²) in [7, 11) is 1.34. The Bertz CT molecular complexity index is 577. The number of carbonyl (C=O) groups excluding carboxylic acids is 2. The number of rotatable bonds is 9. The molecular weight excluding hydrogens is 334 g/mol. The molecule has 3 N–H and O–H groups in total. The van der Waals surface area contributed by atoms with E-state index in [9.17, 15) is 9.59 Å². The summed E-state index contributed by atoms with van der Waals surface area (Å²) in [5, 5.41) is 2.99. The van der Waals surface area contributed by atoms with Crippen molar-refractivity contribution in [2.45, 2.75) is 38.3 Å². The Kier molecular flexibility index (Phi) is 8.37. The van der Waals surface area contributed by atoms with Gasteiger partial charge in [-0.25, -0.2) is 4.79 Å². The van der Waals surface area contributed by atoms with E-state index in [4.69, 9.17) is 10.5 Å². The summed E-state index contributed by atoms with van der Waals surface area (Å²) in [5.41, 5.74) is 6.60. The van der Waals surface area contributed by atoms with E-state index in [1.807, 2.05) is 24.3 Å². The molecule has 0 aliphatic carbocycles. The lowest BCUT2D eigenvalue weighted by atomic mass is 10.0. The first kappa shape index (κ1) is 20.2. The van der Waals surface area contributed by atoms with Crippen LogP contribution in [-0.2, 0) is 20.9 Å². The molecule has 1 aliphatic heterocycles. The first-order chi connectivity index (χ1) is 12.6. The molecule has 0 saturated carbocycles. The van der Waals surface area contributed by atoms with Gasteiger partial charge in [0.15, 0.2) is 6.61 Å². The van der Waals surface area contributed by atoms with E-state index < -0.39 is 5.97 Å². The van der Waals surface area contributed by atoms with Crippen LogP contribution in [0.1, 0.15) is 31.2 Å². The Hall–Kier alpha value is -2.12. The molecule has 1 aromatic carbocycles. The van der Waals surface area contributed by atoms with Gasteiger partial charge in [0.05, 0.1) is 7.11 Å². The monoisotopic (exact) mass is 363 g/mol. The second-order valence-corrected chi connectivity index (χ2v) is 6.47. The molecule has 1 aliphatic rings. The molecule has 1 atom stereocenters. The van der Waals surface area contributed by atoms with E-state index in [0.29, 0.717) is 31.3 Å². The molecule has 1 heterocycles. The highest BCUT2D eigenvalue weighted by Gasteiger charge is 2.22. The second kappa shape index (κ2) is 10.8. The number of methoxy groups -OCH3 is 1. The summed E-state index contributed by atoms with van der Waals surface area (Å²) in [4.78, 5) is 25.2. The Morgan fingerprint density at radius 3 is 2.73 bits per heavy atom. The SMILES string of the molecule is COC(=O)COc1ccc(CN2CCCCC2CNC(=O)CCN)cc1. The molecule has 0 aromatic heterocycles. The molecule has 0 spiro atoms. The highest BCUT2D eigenvalue weighted by Crippen LogP contribution is 2.20. The van der Waals surface area contributed by atoms with Gasteiger partial charge >= 0.3 is 5.97 Å². The summed E-state index contributed by atoms with van der Waals surface area (Å²) in [6, 6.07) is 8.08. The van der Waals surface area contributed by atoms with Crippen LogP contribution < -0.4 is 15.8 Å². The summed E-state index contributed by atoms with van der Waals surface area (Å²) >= 11 is 0. The molecule has 0 bridgehead atoms. The number of piperidine rings is 1. The maximum absolute atomic E-state index is 11.7. The van der Waals surface area contributed by atoms with Crippen LogP contribution in [0.3, 0.4) is 0 Å². The number of benzene rings is 1. The molecule has 0 radical (unpaired) electrons. The van der Waals surface area contributed by atoms with Crippen molar-refractivity contribution in [1.82, 2.24) is 10.2 Å². The molecule has 144 valence electrons. The minimum Gasteiger partial charge on any atom is -0.482 e. The van der Waals surface area contributed by atoms with Crippen LogP contribution in [0.5, 0.6) is 5.75 Å². The van der Waals surface area contributed by atoms with E-state index >= 15 is 0 Å². The lowest BCUT2D eigenvalue weighted by Gasteiger charge is -2.36. The molecular formula is C19H29N3O4. The van der Waals surface area contributed by atoms with Gasteiger partial charge in [0.1, 0.15) is 5.75 Å². The number of hydrogen-bond donors (Lipinski definition) is 2. The van der Waals surface area contributed by atoms with E-state index in [2.05, 4.69) is 15.0 Å². The fourth-order valence-corrected chi connectivity index (χ4v) is 3.08. The molecule has 7 nitrogen and oxygen atoms in total. The van der Waals surface area contributed by atoms with Gasteiger partial charge in [-0.15, -0.1) is 0 Å². The normalized spacial score (nSPS) is 17.5. The molecule has 1 fully saturated rings. The zero-order valence-electron chi connectivity index (χ0n) is 15.4. The first-order valence-electron chi connectivity index (χ1n) is 9.11. The van der Waals surface area contributed by atoms with Gasteiger partial charge in [-0.3, -0.25) is 9.69 Å². The number of nitrogens with two attached hydrogens (primary N) is 1. The van der Waals surface area contributed by atoms with Crippen molar-refractivity contribution >= 4 is 11.9 Å². The lowest BCUT2D eigenvalue weighted by molar-refractivity contribution is -0.142. The van der Waals surface area contributed by atoms with Crippen LogP contribution >= 0.6 is 0 Å². The quantitative estimate of drug-likeness (QED) is 0.637. The number of hydrogen-bond acceptors (Lipinski definition) is 6. The Labute approximate surface area is 154 Å². The minimum atomic E-state index is -0.401. The van der Waals surface area contributed by atoms with Gasteiger partial charge in [-0.1, -0.05) is 18.6 Å². The molecule has 1 saturated heterocycles. The summed E-state index contributed by atoms with van der Waals surface area (Å²) in [6.07, 6.45) is 3.82. The van der Waals surface area contributed by atoms with Crippen molar-refractivity contribution in [1.29, 1.82) is 0 Å². The van der Waals surface area contributed by atoms with Gasteiger partial charge in [-0.05, 0) is 37.1 Å². The van der Waals surface area contributed by atoms with Crippen LogP contribution in [0.4, 0.5) is 0 Å². The Balaban J connectivity index is 1.86. The highest BCUT2D eigenvalue weighted by molar-refractivity contribution is 5.76. The summed E-state index contributed by atoms with van der Waals surface area (Å²) in [6.45, 7) is 2.81. The van der Waals surface area contributed by atoms with E-state index in [1.54, 1.807) is 0 Å². The number of carbonyl (C=O) groups is 2. The van der Waals surface area contributed by atoms with Crippen LogP contribution in [0.15, 0.2) is 24.3 Å². The van der Waals surface area contributed by atoms with E-state index in [1.165, 1.54) is 25.5 Å². The molecule has 1 unspecified atom stereocenters. The predicted molar refractivity (Wildman–Crippen MR) is 98.7 cm³/mol.